The number of hydrogen-bond donors (Lipinski definition) is 2. The van der Waals surface area contributed by atoms with Crippen molar-refractivity contribution in [2.45, 2.75) is 11.8 Å². The van der Waals surface area contributed by atoms with E-state index in [1.54, 1.807) is 24.7 Å². The monoisotopic (exact) mass is 449 g/mol. The van der Waals surface area contributed by atoms with E-state index >= 15 is 0 Å². The third-order valence-corrected chi connectivity index (χ3v) is 7.46. The van der Waals surface area contributed by atoms with Crippen molar-refractivity contribution in [2.75, 3.05) is 24.5 Å². The van der Waals surface area contributed by atoms with Crippen LogP contribution in [0.3, 0.4) is 0 Å². The second-order valence-electron chi connectivity index (χ2n) is 8.53. The maximum atomic E-state index is 14.6. The quantitative estimate of drug-likeness (QED) is 0.494. The first-order valence-electron chi connectivity index (χ1n) is 10.6. The van der Waals surface area contributed by atoms with Crippen LogP contribution in [0.5, 0.6) is 0 Å². The third-order valence-electron chi connectivity index (χ3n) is 7.16. The van der Waals surface area contributed by atoms with Gasteiger partial charge in [0.25, 0.3) is 0 Å². The van der Waals surface area contributed by atoms with Crippen LogP contribution in [0, 0.1) is 17.7 Å². The molecule has 4 heterocycles. The summed E-state index contributed by atoms with van der Waals surface area (Å²) in [6.45, 7) is 2.03. The molecular weight excluding hydrogens is 429 g/mol. The maximum absolute atomic E-state index is 14.6. The molecule has 1 saturated carbocycles. The van der Waals surface area contributed by atoms with Crippen LogP contribution < -0.4 is 10.6 Å². The van der Waals surface area contributed by atoms with E-state index in [4.69, 9.17) is 22.3 Å². The Bertz CT molecular complexity index is 1320. The largest absolute Gasteiger partial charge is 0.355 e. The van der Waals surface area contributed by atoms with Crippen molar-refractivity contribution in [3.05, 3.63) is 65.3 Å². The Hall–Kier alpha value is -3.10. The highest BCUT2D eigenvalue weighted by Gasteiger charge is 2.66. The van der Waals surface area contributed by atoms with Gasteiger partial charge in [0.1, 0.15) is 17.2 Å². The molecule has 0 unspecified atom stereocenters. The van der Waals surface area contributed by atoms with Crippen molar-refractivity contribution in [3.63, 3.8) is 0 Å². The Kier molecular flexibility index (Phi) is 4.41. The second kappa shape index (κ2) is 7.21. The first-order chi connectivity index (χ1) is 15.6. The van der Waals surface area contributed by atoms with Gasteiger partial charge in [0.15, 0.2) is 0 Å². The molecule has 0 spiro atoms. The highest BCUT2D eigenvalue weighted by atomic mass is 35.5. The summed E-state index contributed by atoms with van der Waals surface area (Å²) in [6.07, 6.45) is 5.97. The molecule has 2 aliphatic rings. The number of H-pyrrole nitrogens is 1. The first-order valence-corrected chi connectivity index (χ1v) is 11.0. The number of piperidine rings is 1. The summed E-state index contributed by atoms with van der Waals surface area (Å²) in [5.74, 6) is 1.28. The first kappa shape index (κ1) is 19.6. The Labute approximate surface area is 188 Å². The maximum Gasteiger partial charge on any atom is 0.202 e. The Morgan fingerprint density at radius 1 is 1.22 bits per heavy atom. The van der Waals surface area contributed by atoms with Crippen molar-refractivity contribution in [1.29, 1.82) is 0 Å². The van der Waals surface area contributed by atoms with E-state index in [1.165, 1.54) is 6.07 Å². The number of nitrogens with zero attached hydrogens (tertiary/aromatic N) is 5. The third kappa shape index (κ3) is 2.76. The van der Waals surface area contributed by atoms with Gasteiger partial charge in [-0.05, 0) is 36.0 Å². The number of hydrogen-bond acceptors (Lipinski definition) is 6. The minimum absolute atomic E-state index is 0.168. The van der Waals surface area contributed by atoms with Crippen LogP contribution in [0.4, 0.5) is 10.2 Å². The summed E-state index contributed by atoms with van der Waals surface area (Å²) in [5.41, 5.74) is 9.35. The van der Waals surface area contributed by atoms with E-state index in [0.29, 0.717) is 40.3 Å². The molecule has 162 valence electrons. The van der Waals surface area contributed by atoms with Crippen LogP contribution in [0.15, 0.2) is 48.9 Å². The lowest BCUT2D eigenvalue weighted by Gasteiger charge is -2.26. The Morgan fingerprint density at radius 2 is 2.09 bits per heavy atom. The fourth-order valence-electron chi connectivity index (χ4n) is 5.54. The average molecular weight is 450 g/mol. The number of nitrogens with one attached hydrogen (secondary N) is 1. The van der Waals surface area contributed by atoms with Gasteiger partial charge in [0, 0.05) is 43.0 Å². The SMILES string of the molecule is NC[C@]1(c2ccccc2F)[C@@H]2CCN(c3cnc4c(-c5ccncc5Cl)[nH]nc4n3)C[C@@H]21. The number of fused-ring (bicyclic) bond motifs is 2. The number of halogens is 2. The van der Waals surface area contributed by atoms with E-state index in [2.05, 4.69) is 25.1 Å². The standard InChI is InChI=1S/C23H21ClFN7/c24-17-9-27-7-5-13(17)20-21-22(31-30-20)29-19(10-28-21)32-8-6-14-16(11-32)23(14,12-26)15-3-1-2-4-18(15)25/h1-5,7,9-10,14,16H,6,8,11-12,26H2,(H,29,30,31)/t14-,16+,23-/m1/s1. The molecule has 4 aromatic rings. The second-order valence-corrected chi connectivity index (χ2v) is 8.93. The van der Waals surface area contributed by atoms with Crippen molar-refractivity contribution in [2.24, 2.45) is 17.6 Å². The van der Waals surface area contributed by atoms with Gasteiger partial charge < -0.3 is 10.6 Å². The van der Waals surface area contributed by atoms with Gasteiger partial charge in [0.05, 0.1) is 16.9 Å². The molecule has 7 nitrogen and oxygen atoms in total. The highest BCUT2D eigenvalue weighted by Crippen LogP contribution is 2.63. The van der Waals surface area contributed by atoms with Gasteiger partial charge in [0.2, 0.25) is 5.65 Å². The lowest BCUT2D eigenvalue weighted by atomic mass is 9.91. The van der Waals surface area contributed by atoms with Crippen LogP contribution in [0.1, 0.15) is 12.0 Å². The molecule has 6 rings (SSSR count). The van der Waals surface area contributed by atoms with Crippen molar-refractivity contribution < 1.29 is 4.39 Å². The van der Waals surface area contributed by atoms with Crippen LogP contribution in [0.2, 0.25) is 5.02 Å². The molecule has 1 aliphatic carbocycles. The van der Waals surface area contributed by atoms with Crippen molar-refractivity contribution in [3.8, 4) is 11.3 Å². The number of anilines is 1. The van der Waals surface area contributed by atoms with E-state index in [1.807, 2.05) is 18.2 Å². The van der Waals surface area contributed by atoms with Crippen LogP contribution in [0.25, 0.3) is 22.4 Å². The molecule has 3 aromatic heterocycles. The minimum Gasteiger partial charge on any atom is -0.355 e. The normalized spacial score (nSPS) is 24.5. The molecule has 0 radical (unpaired) electrons. The molecule has 3 N–H and O–H groups in total. The Morgan fingerprint density at radius 3 is 2.91 bits per heavy atom. The van der Waals surface area contributed by atoms with Gasteiger partial charge in [-0.1, -0.05) is 29.8 Å². The predicted molar refractivity (Wildman–Crippen MR) is 121 cm³/mol. The fourth-order valence-corrected chi connectivity index (χ4v) is 5.75. The number of aromatic nitrogens is 5. The lowest BCUT2D eigenvalue weighted by Crippen LogP contribution is -2.32. The molecule has 9 heteroatoms. The molecule has 1 aliphatic heterocycles. The smallest absolute Gasteiger partial charge is 0.202 e. The zero-order valence-corrected chi connectivity index (χ0v) is 17.9. The van der Waals surface area contributed by atoms with Crippen LogP contribution >= 0.6 is 11.6 Å². The van der Waals surface area contributed by atoms with Crippen molar-refractivity contribution in [1.82, 2.24) is 25.1 Å². The molecule has 0 amide bonds. The summed E-state index contributed by atoms with van der Waals surface area (Å²) >= 11 is 6.29. The van der Waals surface area contributed by atoms with Gasteiger partial charge in [-0.15, -0.1) is 0 Å². The fraction of sp³-hybridized carbons (Fsp3) is 0.304. The molecule has 1 saturated heterocycles. The molecule has 0 bridgehead atoms. The molecule has 2 fully saturated rings. The minimum atomic E-state index is -0.296. The van der Waals surface area contributed by atoms with Gasteiger partial charge >= 0.3 is 0 Å². The number of aromatic amines is 1. The molecule has 1 aromatic carbocycles. The summed E-state index contributed by atoms with van der Waals surface area (Å²) in [6, 6.07) is 8.84. The molecular formula is C23H21ClFN7. The van der Waals surface area contributed by atoms with E-state index < -0.39 is 0 Å². The Balaban J connectivity index is 1.30. The molecule has 3 atom stereocenters. The number of rotatable bonds is 4. The molecule has 32 heavy (non-hydrogen) atoms. The average Bonchev–Trinajstić information content (AvgIpc) is 3.28. The zero-order chi connectivity index (χ0) is 21.9. The number of nitrogens with two attached hydrogens (primary N) is 1. The number of benzene rings is 1. The zero-order valence-electron chi connectivity index (χ0n) is 17.2. The van der Waals surface area contributed by atoms with Gasteiger partial charge in [-0.25, -0.2) is 14.4 Å². The van der Waals surface area contributed by atoms with Gasteiger partial charge in [-0.2, -0.15) is 5.10 Å². The lowest BCUT2D eigenvalue weighted by molar-refractivity contribution is 0.533. The van der Waals surface area contributed by atoms with Crippen LogP contribution in [-0.4, -0.2) is 44.8 Å². The number of pyridine rings is 1. The van der Waals surface area contributed by atoms with Crippen LogP contribution in [-0.2, 0) is 5.41 Å². The van der Waals surface area contributed by atoms with Gasteiger partial charge in [-0.3, -0.25) is 10.1 Å². The summed E-state index contributed by atoms with van der Waals surface area (Å²) in [7, 11) is 0. The summed E-state index contributed by atoms with van der Waals surface area (Å²) in [4.78, 5) is 15.6. The van der Waals surface area contributed by atoms with E-state index in [0.717, 1.165) is 36.5 Å². The summed E-state index contributed by atoms with van der Waals surface area (Å²) < 4.78 is 14.6. The highest BCUT2D eigenvalue weighted by molar-refractivity contribution is 6.33. The van der Waals surface area contributed by atoms with E-state index in [9.17, 15) is 4.39 Å². The predicted octanol–water partition coefficient (Wildman–Crippen LogP) is 3.56. The van der Waals surface area contributed by atoms with E-state index in [-0.39, 0.29) is 11.2 Å². The summed E-state index contributed by atoms with van der Waals surface area (Å²) in [5, 5.41) is 7.87. The topological polar surface area (TPSA) is 96.6 Å². The van der Waals surface area contributed by atoms with Crippen molar-refractivity contribution >= 4 is 28.6 Å².